The molecule has 19 heavy (non-hydrogen) atoms. The first-order valence-corrected chi connectivity index (χ1v) is 6.16. The molecule has 2 heterocycles. The Morgan fingerprint density at radius 2 is 2.00 bits per heavy atom. The van der Waals surface area contributed by atoms with Crippen LogP contribution in [0.4, 0.5) is 17.5 Å². The first-order chi connectivity index (χ1) is 9.11. The number of anilines is 3. The lowest BCUT2D eigenvalue weighted by atomic mass is 10.4. The van der Waals surface area contributed by atoms with Crippen LogP contribution in [-0.4, -0.2) is 47.3 Å². The van der Waals surface area contributed by atoms with Crippen LogP contribution in [0.3, 0.4) is 0 Å². The van der Waals surface area contributed by atoms with Gasteiger partial charge in [0.25, 0.3) is 0 Å². The molecule has 2 aromatic heterocycles. The van der Waals surface area contributed by atoms with Crippen LogP contribution >= 0.6 is 0 Å². The summed E-state index contributed by atoms with van der Waals surface area (Å²) >= 11 is 0. The summed E-state index contributed by atoms with van der Waals surface area (Å²) in [5.74, 6) is 3.29. The van der Waals surface area contributed by atoms with Crippen LogP contribution in [0.5, 0.6) is 0 Å². The Labute approximate surface area is 112 Å². The molecule has 2 N–H and O–H groups in total. The summed E-state index contributed by atoms with van der Waals surface area (Å²) in [7, 11) is 3.85. The lowest BCUT2D eigenvalue weighted by Crippen LogP contribution is -2.23. The van der Waals surface area contributed by atoms with Gasteiger partial charge in [-0.25, -0.2) is 9.97 Å². The second-order valence-corrected chi connectivity index (χ2v) is 4.39. The Balaban J connectivity index is 2.31. The molecule has 0 saturated carbocycles. The first kappa shape index (κ1) is 13.4. The zero-order valence-corrected chi connectivity index (χ0v) is 11.5. The van der Waals surface area contributed by atoms with E-state index < -0.39 is 0 Å². The molecule has 2 aromatic rings. The highest BCUT2D eigenvalue weighted by atomic mass is 16.3. The van der Waals surface area contributed by atoms with Gasteiger partial charge in [0.1, 0.15) is 23.3 Å². The van der Waals surface area contributed by atoms with Crippen LogP contribution in [0.1, 0.15) is 5.82 Å². The molecule has 0 bridgehead atoms. The van der Waals surface area contributed by atoms with E-state index in [0.29, 0.717) is 12.4 Å². The standard InChI is InChI=1S/C13H19N5O/c1-10-15-12(17(2)7-8-19)9-13(16-10)18(3)11-5-4-6-14-11/h4-6,9,14,19H,7-8H2,1-3H3. The van der Waals surface area contributed by atoms with E-state index in [2.05, 4.69) is 15.0 Å². The van der Waals surface area contributed by atoms with Crippen LogP contribution in [0.25, 0.3) is 0 Å². The molecule has 0 spiro atoms. The predicted octanol–water partition coefficient (Wildman–Crippen LogP) is 1.31. The molecule has 0 amide bonds. The monoisotopic (exact) mass is 261 g/mol. The zero-order valence-electron chi connectivity index (χ0n) is 11.5. The lowest BCUT2D eigenvalue weighted by molar-refractivity contribution is 0.304. The Morgan fingerprint density at radius 3 is 2.63 bits per heavy atom. The van der Waals surface area contributed by atoms with Gasteiger partial charge in [-0.15, -0.1) is 0 Å². The number of likely N-dealkylation sites (N-methyl/N-ethyl adjacent to an activating group) is 1. The summed E-state index contributed by atoms with van der Waals surface area (Å²) in [6, 6.07) is 5.83. The topological polar surface area (TPSA) is 68.3 Å². The maximum Gasteiger partial charge on any atom is 0.139 e. The molecular weight excluding hydrogens is 242 g/mol. The normalized spacial score (nSPS) is 10.5. The molecule has 2 rings (SSSR count). The number of H-pyrrole nitrogens is 1. The Bertz CT molecular complexity index is 526. The quantitative estimate of drug-likeness (QED) is 0.849. The number of aliphatic hydroxyl groups is 1. The third-order valence-corrected chi connectivity index (χ3v) is 2.92. The maximum absolute atomic E-state index is 9.00. The Morgan fingerprint density at radius 1 is 1.26 bits per heavy atom. The zero-order chi connectivity index (χ0) is 13.8. The lowest BCUT2D eigenvalue weighted by Gasteiger charge is -2.21. The molecule has 0 fully saturated rings. The number of nitrogens with one attached hydrogen (secondary N) is 1. The molecule has 0 aliphatic rings. The Hall–Kier alpha value is -2.08. The number of aromatic amines is 1. The van der Waals surface area contributed by atoms with E-state index >= 15 is 0 Å². The molecule has 0 saturated heterocycles. The fourth-order valence-corrected chi connectivity index (χ4v) is 1.82. The van der Waals surface area contributed by atoms with Crippen molar-refractivity contribution < 1.29 is 5.11 Å². The van der Waals surface area contributed by atoms with Crippen molar-refractivity contribution in [1.82, 2.24) is 15.0 Å². The average Bonchev–Trinajstić information content (AvgIpc) is 2.91. The number of hydrogen-bond donors (Lipinski definition) is 2. The number of hydrogen-bond acceptors (Lipinski definition) is 5. The van der Waals surface area contributed by atoms with Crippen molar-refractivity contribution in [2.24, 2.45) is 0 Å². The van der Waals surface area contributed by atoms with Crippen molar-refractivity contribution in [2.75, 3.05) is 37.0 Å². The number of aryl methyl sites for hydroxylation is 1. The molecule has 6 heteroatoms. The number of rotatable bonds is 5. The smallest absolute Gasteiger partial charge is 0.139 e. The molecule has 0 aliphatic heterocycles. The molecule has 0 unspecified atom stereocenters. The minimum absolute atomic E-state index is 0.0986. The van der Waals surface area contributed by atoms with E-state index in [4.69, 9.17) is 5.11 Å². The van der Waals surface area contributed by atoms with E-state index in [1.165, 1.54) is 0 Å². The van der Waals surface area contributed by atoms with Crippen molar-refractivity contribution in [3.8, 4) is 0 Å². The van der Waals surface area contributed by atoms with E-state index in [0.717, 1.165) is 17.5 Å². The van der Waals surface area contributed by atoms with Crippen LogP contribution < -0.4 is 9.80 Å². The molecule has 0 aromatic carbocycles. The largest absolute Gasteiger partial charge is 0.395 e. The second kappa shape index (κ2) is 5.71. The van der Waals surface area contributed by atoms with Crippen LogP contribution in [0.15, 0.2) is 24.4 Å². The average molecular weight is 261 g/mol. The number of aliphatic hydroxyl groups excluding tert-OH is 1. The van der Waals surface area contributed by atoms with Gasteiger partial charge in [-0.2, -0.15) is 0 Å². The van der Waals surface area contributed by atoms with Gasteiger partial charge in [0, 0.05) is 32.9 Å². The number of nitrogens with zero attached hydrogens (tertiary/aromatic N) is 4. The first-order valence-electron chi connectivity index (χ1n) is 6.16. The maximum atomic E-state index is 9.00. The summed E-state index contributed by atoms with van der Waals surface area (Å²) in [5.41, 5.74) is 0. The molecule has 102 valence electrons. The van der Waals surface area contributed by atoms with Gasteiger partial charge in [-0.1, -0.05) is 0 Å². The van der Waals surface area contributed by atoms with Gasteiger partial charge < -0.3 is 19.9 Å². The van der Waals surface area contributed by atoms with Crippen molar-refractivity contribution in [1.29, 1.82) is 0 Å². The third-order valence-electron chi connectivity index (χ3n) is 2.92. The third kappa shape index (κ3) is 3.03. The summed E-state index contributed by atoms with van der Waals surface area (Å²) in [6.45, 7) is 2.51. The van der Waals surface area contributed by atoms with Crippen molar-refractivity contribution >= 4 is 17.5 Å². The fraction of sp³-hybridized carbons (Fsp3) is 0.385. The van der Waals surface area contributed by atoms with Gasteiger partial charge in [-0.3, -0.25) is 0 Å². The van der Waals surface area contributed by atoms with Gasteiger partial charge >= 0.3 is 0 Å². The molecule has 6 nitrogen and oxygen atoms in total. The van der Waals surface area contributed by atoms with Crippen molar-refractivity contribution in [3.05, 3.63) is 30.2 Å². The van der Waals surface area contributed by atoms with Crippen LogP contribution in [0.2, 0.25) is 0 Å². The van der Waals surface area contributed by atoms with Crippen LogP contribution in [-0.2, 0) is 0 Å². The van der Waals surface area contributed by atoms with Gasteiger partial charge in [0.05, 0.1) is 6.61 Å². The van der Waals surface area contributed by atoms with E-state index in [-0.39, 0.29) is 6.61 Å². The Kier molecular flexibility index (Phi) is 4.01. The molecule has 0 radical (unpaired) electrons. The van der Waals surface area contributed by atoms with Gasteiger partial charge in [0.15, 0.2) is 0 Å². The summed E-state index contributed by atoms with van der Waals surface area (Å²) in [6.07, 6.45) is 1.87. The van der Waals surface area contributed by atoms with Crippen molar-refractivity contribution in [2.45, 2.75) is 6.92 Å². The minimum atomic E-state index is 0.0986. The summed E-state index contributed by atoms with van der Waals surface area (Å²) in [5, 5.41) is 9.00. The second-order valence-electron chi connectivity index (χ2n) is 4.39. The molecule has 0 aliphatic carbocycles. The molecular formula is C13H19N5O. The highest BCUT2D eigenvalue weighted by Gasteiger charge is 2.11. The van der Waals surface area contributed by atoms with Crippen LogP contribution in [0, 0.1) is 6.92 Å². The van der Waals surface area contributed by atoms with Crippen molar-refractivity contribution in [3.63, 3.8) is 0 Å². The van der Waals surface area contributed by atoms with E-state index in [1.54, 1.807) is 0 Å². The highest BCUT2D eigenvalue weighted by Crippen LogP contribution is 2.22. The van der Waals surface area contributed by atoms with Gasteiger partial charge in [-0.05, 0) is 19.1 Å². The highest BCUT2D eigenvalue weighted by molar-refractivity contribution is 5.59. The number of aromatic nitrogens is 3. The fourth-order valence-electron chi connectivity index (χ4n) is 1.82. The SMILES string of the molecule is Cc1nc(N(C)CCO)cc(N(C)c2ccc[nH]2)n1. The molecule has 0 atom stereocenters. The minimum Gasteiger partial charge on any atom is -0.395 e. The summed E-state index contributed by atoms with van der Waals surface area (Å²) in [4.78, 5) is 15.8. The van der Waals surface area contributed by atoms with E-state index in [9.17, 15) is 0 Å². The predicted molar refractivity (Wildman–Crippen MR) is 76.0 cm³/mol. The van der Waals surface area contributed by atoms with Gasteiger partial charge in [0.2, 0.25) is 0 Å². The summed E-state index contributed by atoms with van der Waals surface area (Å²) < 4.78 is 0. The van der Waals surface area contributed by atoms with E-state index in [1.807, 2.05) is 55.2 Å².